The van der Waals surface area contributed by atoms with E-state index in [2.05, 4.69) is 19.9 Å². The zero-order chi connectivity index (χ0) is 8.53. The number of aliphatic hydroxyl groups is 1. The molecule has 0 saturated carbocycles. The molecule has 0 spiro atoms. The van der Waals surface area contributed by atoms with Crippen LogP contribution in [0, 0.1) is 0 Å². The molecule has 0 aliphatic rings. The fraction of sp³-hybridized carbons (Fsp3) is 0.800. The highest BCUT2D eigenvalue weighted by Gasteiger charge is 1.92. The van der Waals surface area contributed by atoms with E-state index >= 15 is 0 Å². The average molecular weight is 156 g/mol. The van der Waals surface area contributed by atoms with Crippen LogP contribution in [-0.4, -0.2) is 11.7 Å². The lowest BCUT2D eigenvalue weighted by Crippen LogP contribution is -1.90. The van der Waals surface area contributed by atoms with Gasteiger partial charge in [-0.15, -0.1) is 0 Å². The predicted octanol–water partition coefficient (Wildman–Crippen LogP) is 2.90. The van der Waals surface area contributed by atoms with E-state index in [1.54, 1.807) is 0 Å². The first-order valence-electron chi connectivity index (χ1n) is 4.63. The van der Waals surface area contributed by atoms with Gasteiger partial charge in [-0.1, -0.05) is 32.8 Å². The van der Waals surface area contributed by atoms with Gasteiger partial charge in [0.1, 0.15) is 0 Å². The van der Waals surface area contributed by atoms with Crippen LogP contribution in [0.25, 0.3) is 0 Å². The van der Waals surface area contributed by atoms with Gasteiger partial charge >= 0.3 is 0 Å². The summed E-state index contributed by atoms with van der Waals surface area (Å²) in [5, 5.41) is 8.91. The molecule has 0 aromatic heterocycles. The predicted molar refractivity (Wildman–Crippen MR) is 49.6 cm³/mol. The van der Waals surface area contributed by atoms with Crippen molar-refractivity contribution in [2.24, 2.45) is 0 Å². The molecule has 11 heavy (non-hydrogen) atoms. The Morgan fingerprint density at radius 1 is 1.27 bits per heavy atom. The molecular formula is C10H20O. The lowest BCUT2D eigenvalue weighted by molar-refractivity contribution is 0.325. The lowest BCUT2D eigenvalue weighted by Gasteiger charge is -2.01. The van der Waals surface area contributed by atoms with Gasteiger partial charge in [0, 0.05) is 0 Å². The second kappa shape index (κ2) is 7.80. The van der Waals surface area contributed by atoms with Gasteiger partial charge in [-0.3, -0.25) is 0 Å². The van der Waals surface area contributed by atoms with Crippen molar-refractivity contribution in [1.29, 1.82) is 0 Å². The summed E-state index contributed by atoms with van der Waals surface area (Å²) < 4.78 is 0. The van der Waals surface area contributed by atoms with Crippen LogP contribution in [0.5, 0.6) is 0 Å². The minimum Gasteiger partial charge on any atom is -0.392 e. The number of hydrogen-bond donors (Lipinski definition) is 1. The van der Waals surface area contributed by atoms with Crippen molar-refractivity contribution < 1.29 is 5.11 Å². The molecule has 1 heteroatoms. The second-order valence-electron chi connectivity index (χ2n) is 2.91. The Morgan fingerprint density at radius 2 is 2.00 bits per heavy atom. The van der Waals surface area contributed by atoms with Crippen LogP contribution >= 0.6 is 0 Å². The maximum Gasteiger partial charge on any atom is 0.0641 e. The first-order chi connectivity index (χ1) is 5.35. The molecule has 1 N–H and O–H groups in total. The van der Waals surface area contributed by atoms with Gasteiger partial charge < -0.3 is 5.11 Å². The molecule has 0 saturated heterocycles. The summed E-state index contributed by atoms with van der Waals surface area (Å²) in [4.78, 5) is 0. The second-order valence-corrected chi connectivity index (χ2v) is 2.91. The van der Waals surface area contributed by atoms with Gasteiger partial charge in [0.25, 0.3) is 0 Å². The lowest BCUT2D eigenvalue weighted by atomic mass is 10.1. The number of hydrogen-bond acceptors (Lipinski definition) is 1. The first kappa shape index (κ1) is 10.7. The largest absolute Gasteiger partial charge is 0.392 e. The van der Waals surface area contributed by atoms with E-state index in [1.807, 2.05) is 0 Å². The zero-order valence-corrected chi connectivity index (χ0v) is 7.77. The van der Waals surface area contributed by atoms with Crippen LogP contribution in [0.4, 0.5) is 0 Å². The summed E-state index contributed by atoms with van der Waals surface area (Å²) in [5.74, 6) is 0. The molecule has 0 aromatic rings. The van der Waals surface area contributed by atoms with E-state index in [9.17, 15) is 0 Å². The molecule has 0 aliphatic carbocycles. The molecule has 0 atom stereocenters. The molecule has 1 nitrogen and oxygen atoms in total. The highest BCUT2D eigenvalue weighted by Crippen LogP contribution is 2.07. The fourth-order valence-corrected chi connectivity index (χ4v) is 0.998. The van der Waals surface area contributed by atoms with Crippen molar-refractivity contribution in [3.63, 3.8) is 0 Å². The molecule has 0 aromatic carbocycles. The normalized spacial score (nSPS) is 12.1. The molecule has 0 radical (unpaired) electrons. The van der Waals surface area contributed by atoms with Crippen LogP contribution in [0.2, 0.25) is 0 Å². The third kappa shape index (κ3) is 6.11. The van der Waals surface area contributed by atoms with E-state index in [-0.39, 0.29) is 6.61 Å². The van der Waals surface area contributed by atoms with Gasteiger partial charge in [0.2, 0.25) is 0 Å². The third-order valence-corrected chi connectivity index (χ3v) is 1.78. The Labute approximate surface area is 70.1 Å². The van der Waals surface area contributed by atoms with Crippen molar-refractivity contribution in [2.45, 2.75) is 46.0 Å². The van der Waals surface area contributed by atoms with Crippen molar-refractivity contribution >= 4 is 0 Å². The SMILES string of the molecule is CCCC=C(CO)CCCC. The summed E-state index contributed by atoms with van der Waals surface area (Å²) in [5.41, 5.74) is 1.22. The van der Waals surface area contributed by atoms with Crippen LogP contribution in [-0.2, 0) is 0 Å². The molecule has 0 rings (SSSR count). The topological polar surface area (TPSA) is 20.2 Å². The number of rotatable bonds is 6. The zero-order valence-electron chi connectivity index (χ0n) is 7.77. The maximum atomic E-state index is 8.91. The van der Waals surface area contributed by atoms with Crippen LogP contribution < -0.4 is 0 Å². The molecule has 0 heterocycles. The number of unbranched alkanes of at least 4 members (excludes halogenated alkanes) is 2. The van der Waals surface area contributed by atoms with Gasteiger partial charge in [-0.2, -0.15) is 0 Å². The Hall–Kier alpha value is -0.300. The molecule has 0 unspecified atom stereocenters. The molecule has 0 fully saturated rings. The van der Waals surface area contributed by atoms with E-state index in [1.165, 1.54) is 24.8 Å². The van der Waals surface area contributed by atoms with Gasteiger partial charge in [-0.05, 0) is 24.8 Å². The van der Waals surface area contributed by atoms with Gasteiger partial charge in [0.05, 0.1) is 6.61 Å². The number of aliphatic hydroxyl groups excluding tert-OH is 1. The Bertz CT molecular complexity index is 105. The first-order valence-corrected chi connectivity index (χ1v) is 4.63. The van der Waals surface area contributed by atoms with E-state index in [0.717, 1.165) is 12.8 Å². The maximum absolute atomic E-state index is 8.91. The Balaban J connectivity index is 3.55. The molecule has 0 bridgehead atoms. The number of allylic oxidation sites excluding steroid dienone is 1. The highest BCUT2D eigenvalue weighted by molar-refractivity contribution is 5.01. The molecule has 0 aliphatic heterocycles. The van der Waals surface area contributed by atoms with E-state index in [4.69, 9.17) is 5.11 Å². The summed E-state index contributed by atoms with van der Waals surface area (Å²) in [6.45, 7) is 4.58. The van der Waals surface area contributed by atoms with Crippen molar-refractivity contribution in [3.8, 4) is 0 Å². The van der Waals surface area contributed by atoms with Gasteiger partial charge in [0.15, 0.2) is 0 Å². The van der Waals surface area contributed by atoms with Crippen LogP contribution in [0.15, 0.2) is 11.6 Å². The summed E-state index contributed by atoms with van der Waals surface area (Å²) in [6, 6.07) is 0. The summed E-state index contributed by atoms with van der Waals surface area (Å²) >= 11 is 0. The van der Waals surface area contributed by atoms with Crippen LogP contribution in [0.3, 0.4) is 0 Å². The van der Waals surface area contributed by atoms with Gasteiger partial charge in [-0.25, -0.2) is 0 Å². The minimum atomic E-state index is 0.250. The Kier molecular flexibility index (Phi) is 7.59. The summed E-state index contributed by atoms with van der Waals surface area (Å²) in [7, 11) is 0. The van der Waals surface area contributed by atoms with Crippen molar-refractivity contribution in [3.05, 3.63) is 11.6 Å². The minimum absolute atomic E-state index is 0.250. The van der Waals surface area contributed by atoms with Crippen molar-refractivity contribution in [1.82, 2.24) is 0 Å². The molecular weight excluding hydrogens is 136 g/mol. The summed E-state index contributed by atoms with van der Waals surface area (Å²) in [6.07, 6.45) is 7.96. The standard InChI is InChI=1S/C10H20O/c1-3-5-7-10(9-11)8-6-4-2/h7,11H,3-6,8-9H2,1-2H3. The van der Waals surface area contributed by atoms with Crippen LogP contribution in [0.1, 0.15) is 46.0 Å². The average Bonchev–Trinajstić information content (AvgIpc) is 2.05. The molecule has 66 valence electrons. The van der Waals surface area contributed by atoms with Crippen molar-refractivity contribution in [2.75, 3.05) is 6.61 Å². The monoisotopic (exact) mass is 156 g/mol. The smallest absolute Gasteiger partial charge is 0.0641 e. The quantitative estimate of drug-likeness (QED) is 0.586. The molecule has 0 amide bonds. The highest BCUT2D eigenvalue weighted by atomic mass is 16.3. The third-order valence-electron chi connectivity index (χ3n) is 1.78. The Morgan fingerprint density at radius 3 is 2.45 bits per heavy atom. The van der Waals surface area contributed by atoms with E-state index in [0.29, 0.717) is 0 Å². The van der Waals surface area contributed by atoms with E-state index < -0.39 is 0 Å². The fourth-order valence-electron chi connectivity index (χ4n) is 0.998.